The molecule has 1 heterocycles. The maximum absolute atomic E-state index is 5.69. The van der Waals surface area contributed by atoms with Crippen LogP contribution in [-0.2, 0) is 18.0 Å². The Bertz CT molecular complexity index is 269. The minimum absolute atomic E-state index is 0.701. The molecule has 0 saturated carbocycles. The fourth-order valence-corrected chi connectivity index (χ4v) is 1.61. The van der Waals surface area contributed by atoms with E-state index in [1.165, 1.54) is 11.1 Å². The fraction of sp³-hybridized carbons (Fsp3) is 0.250. The SMILES string of the molecule is Nc1cc2c(cc1Br)COC2. The number of hydrogen-bond acceptors (Lipinski definition) is 2. The Kier molecular flexibility index (Phi) is 1.62. The molecule has 0 aromatic heterocycles. The Hall–Kier alpha value is -0.540. The summed E-state index contributed by atoms with van der Waals surface area (Å²) in [5, 5.41) is 0. The molecule has 1 aromatic carbocycles. The van der Waals surface area contributed by atoms with Crippen LogP contribution < -0.4 is 5.73 Å². The average molecular weight is 214 g/mol. The van der Waals surface area contributed by atoms with E-state index in [0.29, 0.717) is 13.2 Å². The van der Waals surface area contributed by atoms with Crippen LogP contribution in [0.15, 0.2) is 16.6 Å². The Morgan fingerprint density at radius 2 is 1.91 bits per heavy atom. The molecule has 0 atom stereocenters. The van der Waals surface area contributed by atoms with Crippen molar-refractivity contribution in [3.05, 3.63) is 27.7 Å². The smallest absolute Gasteiger partial charge is 0.0725 e. The van der Waals surface area contributed by atoms with Crippen molar-refractivity contribution in [3.8, 4) is 0 Å². The minimum Gasteiger partial charge on any atom is -0.398 e. The minimum atomic E-state index is 0.701. The first-order valence-corrected chi connectivity index (χ1v) is 4.21. The van der Waals surface area contributed by atoms with Crippen molar-refractivity contribution in [2.75, 3.05) is 5.73 Å². The molecule has 11 heavy (non-hydrogen) atoms. The van der Waals surface area contributed by atoms with Gasteiger partial charge in [0.25, 0.3) is 0 Å². The van der Waals surface area contributed by atoms with Gasteiger partial charge in [-0.2, -0.15) is 0 Å². The van der Waals surface area contributed by atoms with Crippen LogP contribution in [0.2, 0.25) is 0 Å². The molecule has 0 bridgehead atoms. The second kappa shape index (κ2) is 2.50. The van der Waals surface area contributed by atoms with Gasteiger partial charge in [0, 0.05) is 10.2 Å². The lowest BCUT2D eigenvalue weighted by Crippen LogP contribution is -1.90. The van der Waals surface area contributed by atoms with Gasteiger partial charge in [-0.3, -0.25) is 0 Å². The molecule has 0 saturated heterocycles. The van der Waals surface area contributed by atoms with Crippen molar-refractivity contribution in [1.82, 2.24) is 0 Å². The molecule has 58 valence electrons. The number of hydrogen-bond donors (Lipinski definition) is 1. The zero-order valence-electron chi connectivity index (χ0n) is 5.93. The van der Waals surface area contributed by atoms with Crippen molar-refractivity contribution >= 4 is 21.6 Å². The normalized spacial score (nSPS) is 15.0. The molecular weight excluding hydrogens is 206 g/mol. The molecule has 3 heteroatoms. The van der Waals surface area contributed by atoms with Crippen LogP contribution in [0.1, 0.15) is 11.1 Å². The molecular formula is C8H8BrNO. The monoisotopic (exact) mass is 213 g/mol. The van der Waals surface area contributed by atoms with E-state index in [-0.39, 0.29) is 0 Å². The molecule has 0 spiro atoms. The number of nitrogens with two attached hydrogens (primary N) is 1. The van der Waals surface area contributed by atoms with Gasteiger partial charge in [0.15, 0.2) is 0 Å². The van der Waals surface area contributed by atoms with Gasteiger partial charge in [0.1, 0.15) is 0 Å². The second-order valence-corrected chi connectivity index (χ2v) is 3.49. The first-order valence-electron chi connectivity index (χ1n) is 3.42. The van der Waals surface area contributed by atoms with E-state index in [4.69, 9.17) is 10.5 Å². The van der Waals surface area contributed by atoms with Crippen LogP contribution in [-0.4, -0.2) is 0 Å². The Balaban J connectivity index is 2.57. The maximum atomic E-state index is 5.69. The third-order valence-electron chi connectivity index (χ3n) is 1.83. The van der Waals surface area contributed by atoms with Crippen molar-refractivity contribution in [1.29, 1.82) is 0 Å². The second-order valence-electron chi connectivity index (χ2n) is 2.64. The molecule has 1 aromatic rings. The van der Waals surface area contributed by atoms with Gasteiger partial charge < -0.3 is 10.5 Å². The number of ether oxygens (including phenoxy) is 1. The van der Waals surface area contributed by atoms with E-state index in [2.05, 4.69) is 15.9 Å². The van der Waals surface area contributed by atoms with Crippen molar-refractivity contribution in [2.45, 2.75) is 13.2 Å². The summed E-state index contributed by atoms with van der Waals surface area (Å²) in [7, 11) is 0. The fourth-order valence-electron chi connectivity index (χ4n) is 1.22. The number of halogens is 1. The van der Waals surface area contributed by atoms with Crippen molar-refractivity contribution in [3.63, 3.8) is 0 Å². The molecule has 2 rings (SSSR count). The van der Waals surface area contributed by atoms with Crippen molar-refractivity contribution in [2.24, 2.45) is 0 Å². The predicted molar refractivity (Wildman–Crippen MR) is 47.0 cm³/mol. The maximum Gasteiger partial charge on any atom is 0.0725 e. The summed E-state index contributed by atoms with van der Waals surface area (Å²) >= 11 is 3.37. The number of fused-ring (bicyclic) bond motifs is 1. The van der Waals surface area contributed by atoms with Gasteiger partial charge in [-0.05, 0) is 39.2 Å². The summed E-state index contributed by atoms with van der Waals surface area (Å²) in [6.07, 6.45) is 0. The predicted octanol–water partition coefficient (Wildman–Crippen LogP) is 2.06. The van der Waals surface area contributed by atoms with Gasteiger partial charge in [-0.15, -0.1) is 0 Å². The van der Waals surface area contributed by atoms with Gasteiger partial charge in [-0.25, -0.2) is 0 Å². The number of anilines is 1. The summed E-state index contributed by atoms with van der Waals surface area (Å²) in [6.45, 7) is 1.42. The lowest BCUT2D eigenvalue weighted by Gasteiger charge is -2.00. The highest BCUT2D eigenvalue weighted by Gasteiger charge is 2.12. The largest absolute Gasteiger partial charge is 0.398 e. The van der Waals surface area contributed by atoms with E-state index in [1.54, 1.807) is 0 Å². The summed E-state index contributed by atoms with van der Waals surface area (Å²) in [5.74, 6) is 0. The Morgan fingerprint density at radius 1 is 1.27 bits per heavy atom. The van der Waals surface area contributed by atoms with E-state index in [0.717, 1.165) is 10.2 Å². The highest BCUT2D eigenvalue weighted by atomic mass is 79.9. The third kappa shape index (κ3) is 1.14. The zero-order valence-corrected chi connectivity index (χ0v) is 7.52. The highest BCUT2D eigenvalue weighted by Crippen LogP contribution is 2.28. The summed E-state index contributed by atoms with van der Waals surface area (Å²) in [6, 6.07) is 3.99. The van der Waals surface area contributed by atoms with Gasteiger partial charge in [0.2, 0.25) is 0 Å². The van der Waals surface area contributed by atoms with E-state index in [1.807, 2.05) is 12.1 Å². The number of benzene rings is 1. The van der Waals surface area contributed by atoms with E-state index in [9.17, 15) is 0 Å². The van der Waals surface area contributed by atoms with Crippen LogP contribution in [0.3, 0.4) is 0 Å². The molecule has 1 aliphatic heterocycles. The van der Waals surface area contributed by atoms with Crippen LogP contribution in [0.4, 0.5) is 5.69 Å². The van der Waals surface area contributed by atoms with Crippen LogP contribution in [0, 0.1) is 0 Å². The Morgan fingerprint density at radius 3 is 2.64 bits per heavy atom. The topological polar surface area (TPSA) is 35.2 Å². The van der Waals surface area contributed by atoms with Crippen LogP contribution in [0.25, 0.3) is 0 Å². The quantitative estimate of drug-likeness (QED) is 0.671. The molecule has 2 N–H and O–H groups in total. The molecule has 0 unspecified atom stereocenters. The van der Waals surface area contributed by atoms with Gasteiger partial charge >= 0.3 is 0 Å². The van der Waals surface area contributed by atoms with Gasteiger partial charge in [-0.1, -0.05) is 0 Å². The number of rotatable bonds is 0. The summed E-state index contributed by atoms with van der Waals surface area (Å²) < 4.78 is 6.21. The molecule has 0 radical (unpaired) electrons. The molecule has 0 amide bonds. The van der Waals surface area contributed by atoms with E-state index < -0.39 is 0 Å². The van der Waals surface area contributed by atoms with Crippen molar-refractivity contribution < 1.29 is 4.74 Å². The van der Waals surface area contributed by atoms with Gasteiger partial charge in [0.05, 0.1) is 13.2 Å². The highest BCUT2D eigenvalue weighted by molar-refractivity contribution is 9.10. The Labute approximate surface area is 73.5 Å². The number of nitrogen functional groups attached to an aromatic ring is 1. The standard InChI is InChI=1S/C8H8BrNO/c9-7-1-5-3-11-4-6(5)2-8(7)10/h1-2H,3-4,10H2. The first kappa shape index (κ1) is 7.13. The first-order chi connectivity index (χ1) is 5.27. The van der Waals surface area contributed by atoms with Crippen LogP contribution >= 0.6 is 15.9 Å². The lowest BCUT2D eigenvalue weighted by atomic mass is 10.1. The summed E-state index contributed by atoms with van der Waals surface area (Å²) in [5.41, 5.74) is 8.93. The lowest BCUT2D eigenvalue weighted by molar-refractivity contribution is 0.134. The van der Waals surface area contributed by atoms with E-state index >= 15 is 0 Å². The average Bonchev–Trinajstić information content (AvgIpc) is 2.36. The molecule has 1 aliphatic rings. The third-order valence-corrected chi connectivity index (χ3v) is 2.52. The molecule has 0 fully saturated rings. The molecule has 2 nitrogen and oxygen atoms in total. The van der Waals surface area contributed by atoms with Crippen LogP contribution in [0.5, 0.6) is 0 Å². The zero-order chi connectivity index (χ0) is 7.84. The summed E-state index contributed by atoms with van der Waals surface area (Å²) in [4.78, 5) is 0. The molecule has 0 aliphatic carbocycles.